The standard InChI is InChI=1S/C22H18N2.CH4/c1-3-7-18(8-4-1)19-11-13-21(14-12-19)22(24-16-15-23-17-24)20-9-5-2-6-10-20;/h1-17,22H;1H4. The Labute approximate surface area is 149 Å². The summed E-state index contributed by atoms with van der Waals surface area (Å²) in [6.07, 6.45) is 5.72. The van der Waals surface area contributed by atoms with Crippen LogP contribution in [0.15, 0.2) is 104 Å². The van der Waals surface area contributed by atoms with Gasteiger partial charge in [0.15, 0.2) is 0 Å². The summed E-state index contributed by atoms with van der Waals surface area (Å²) in [5.41, 5.74) is 4.97. The van der Waals surface area contributed by atoms with Crippen LogP contribution in [0.4, 0.5) is 0 Å². The van der Waals surface area contributed by atoms with E-state index in [-0.39, 0.29) is 13.5 Å². The van der Waals surface area contributed by atoms with Crippen LogP contribution >= 0.6 is 0 Å². The molecule has 0 amide bonds. The van der Waals surface area contributed by atoms with Crippen LogP contribution in [0.25, 0.3) is 11.1 Å². The van der Waals surface area contributed by atoms with Crippen molar-refractivity contribution >= 4 is 0 Å². The van der Waals surface area contributed by atoms with E-state index in [0.29, 0.717) is 0 Å². The van der Waals surface area contributed by atoms with Gasteiger partial charge in [-0.25, -0.2) is 4.98 Å². The van der Waals surface area contributed by atoms with Crippen molar-refractivity contribution < 1.29 is 0 Å². The minimum absolute atomic E-state index is 0. The second-order valence-electron chi connectivity index (χ2n) is 5.81. The molecule has 0 aliphatic carbocycles. The Kier molecular flexibility index (Phi) is 5.10. The summed E-state index contributed by atoms with van der Waals surface area (Å²) in [5, 5.41) is 0. The maximum Gasteiger partial charge on any atom is 0.0954 e. The van der Waals surface area contributed by atoms with Gasteiger partial charge in [-0.1, -0.05) is 92.4 Å². The Hall–Kier alpha value is -3.13. The molecule has 2 nitrogen and oxygen atoms in total. The predicted molar refractivity (Wildman–Crippen MR) is 105 cm³/mol. The highest BCUT2D eigenvalue weighted by Crippen LogP contribution is 2.28. The molecule has 0 aliphatic heterocycles. The predicted octanol–water partition coefficient (Wildman–Crippen LogP) is 5.82. The zero-order valence-corrected chi connectivity index (χ0v) is 13.3. The Balaban J connectivity index is 0.00000182. The molecule has 1 unspecified atom stereocenters. The first kappa shape index (κ1) is 16.7. The van der Waals surface area contributed by atoms with Gasteiger partial charge in [0.25, 0.3) is 0 Å². The van der Waals surface area contributed by atoms with Crippen LogP contribution in [0.5, 0.6) is 0 Å². The summed E-state index contributed by atoms with van der Waals surface area (Å²) >= 11 is 0. The molecule has 1 aromatic heterocycles. The van der Waals surface area contributed by atoms with E-state index in [1.165, 1.54) is 22.3 Å². The van der Waals surface area contributed by atoms with Crippen molar-refractivity contribution in [3.8, 4) is 11.1 Å². The van der Waals surface area contributed by atoms with E-state index in [9.17, 15) is 0 Å². The Bertz CT molecular complexity index is 880. The number of aromatic nitrogens is 2. The van der Waals surface area contributed by atoms with E-state index < -0.39 is 0 Å². The fourth-order valence-corrected chi connectivity index (χ4v) is 3.08. The van der Waals surface area contributed by atoms with Crippen LogP contribution in [0.1, 0.15) is 24.6 Å². The van der Waals surface area contributed by atoms with E-state index in [0.717, 1.165) is 0 Å². The topological polar surface area (TPSA) is 17.8 Å². The Morgan fingerprint density at radius 2 is 1.20 bits per heavy atom. The number of imidazole rings is 1. The van der Waals surface area contributed by atoms with E-state index in [4.69, 9.17) is 0 Å². The SMILES string of the molecule is C.c1ccc(-c2ccc(C(c3ccccc3)n3ccnc3)cc2)cc1. The molecule has 0 spiro atoms. The third-order valence-electron chi connectivity index (χ3n) is 4.27. The van der Waals surface area contributed by atoms with Gasteiger partial charge in [0.1, 0.15) is 0 Å². The quantitative estimate of drug-likeness (QED) is 0.462. The van der Waals surface area contributed by atoms with Gasteiger partial charge in [-0.05, 0) is 22.3 Å². The van der Waals surface area contributed by atoms with Crippen molar-refractivity contribution in [2.75, 3.05) is 0 Å². The first-order valence-electron chi connectivity index (χ1n) is 8.09. The van der Waals surface area contributed by atoms with E-state index >= 15 is 0 Å². The second kappa shape index (κ2) is 7.63. The highest BCUT2D eigenvalue weighted by Gasteiger charge is 2.15. The fourth-order valence-electron chi connectivity index (χ4n) is 3.08. The van der Waals surface area contributed by atoms with Crippen molar-refractivity contribution in [2.45, 2.75) is 13.5 Å². The smallest absolute Gasteiger partial charge is 0.0954 e. The Morgan fingerprint density at radius 3 is 1.80 bits per heavy atom. The van der Waals surface area contributed by atoms with E-state index in [1.807, 2.05) is 30.9 Å². The monoisotopic (exact) mass is 326 g/mol. The zero-order chi connectivity index (χ0) is 16.2. The highest BCUT2D eigenvalue weighted by atomic mass is 15.0. The molecular weight excluding hydrogens is 304 g/mol. The molecule has 25 heavy (non-hydrogen) atoms. The molecule has 0 saturated carbocycles. The summed E-state index contributed by atoms with van der Waals surface area (Å²) < 4.78 is 2.15. The number of hydrogen-bond acceptors (Lipinski definition) is 1. The van der Waals surface area contributed by atoms with Gasteiger partial charge in [0.2, 0.25) is 0 Å². The van der Waals surface area contributed by atoms with Gasteiger partial charge < -0.3 is 4.57 Å². The summed E-state index contributed by atoms with van der Waals surface area (Å²) in [4.78, 5) is 4.22. The number of hydrogen-bond donors (Lipinski definition) is 0. The molecule has 0 bridgehead atoms. The number of benzene rings is 3. The minimum atomic E-state index is 0. The van der Waals surface area contributed by atoms with Gasteiger partial charge in [-0.15, -0.1) is 0 Å². The van der Waals surface area contributed by atoms with Gasteiger partial charge in [-0.3, -0.25) is 0 Å². The molecule has 0 aliphatic rings. The van der Waals surface area contributed by atoms with Crippen LogP contribution < -0.4 is 0 Å². The lowest BCUT2D eigenvalue weighted by Crippen LogP contribution is -2.10. The number of rotatable bonds is 4. The third kappa shape index (κ3) is 3.53. The molecule has 124 valence electrons. The maximum atomic E-state index is 4.22. The molecule has 0 N–H and O–H groups in total. The molecule has 4 aromatic rings. The maximum absolute atomic E-state index is 4.22. The average molecular weight is 326 g/mol. The summed E-state index contributed by atoms with van der Waals surface area (Å²) in [7, 11) is 0. The molecule has 4 rings (SSSR count). The fraction of sp³-hybridized carbons (Fsp3) is 0.0870. The first-order valence-corrected chi connectivity index (χ1v) is 8.09. The first-order chi connectivity index (χ1) is 11.9. The van der Waals surface area contributed by atoms with E-state index in [1.54, 1.807) is 0 Å². The lowest BCUT2D eigenvalue weighted by Gasteiger charge is -2.20. The van der Waals surface area contributed by atoms with Crippen molar-refractivity contribution in [1.29, 1.82) is 0 Å². The van der Waals surface area contributed by atoms with Crippen LogP contribution in [-0.4, -0.2) is 9.55 Å². The average Bonchev–Trinajstić information content (AvgIpc) is 3.18. The summed E-state index contributed by atoms with van der Waals surface area (Å²) in [5.74, 6) is 0. The summed E-state index contributed by atoms with van der Waals surface area (Å²) in [6, 6.07) is 29.9. The van der Waals surface area contributed by atoms with Crippen LogP contribution in [-0.2, 0) is 0 Å². The van der Waals surface area contributed by atoms with Crippen LogP contribution in [0.3, 0.4) is 0 Å². The normalized spacial score (nSPS) is 11.5. The molecule has 3 aromatic carbocycles. The lowest BCUT2D eigenvalue weighted by molar-refractivity contribution is 0.677. The van der Waals surface area contributed by atoms with E-state index in [2.05, 4.69) is 82.3 Å². The second-order valence-corrected chi connectivity index (χ2v) is 5.81. The number of nitrogens with zero attached hydrogens (tertiary/aromatic N) is 2. The van der Waals surface area contributed by atoms with Gasteiger partial charge in [0.05, 0.1) is 12.4 Å². The van der Waals surface area contributed by atoms with Crippen LogP contribution in [0.2, 0.25) is 0 Å². The lowest BCUT2D eigenvalue weighted by atomic mass is 9.96. The molecule has 0 radical (unpaired) electrons. The van der Waals surface area contributed by atoms with Crippen LogP contribution in [0, 0.1) is 0 Å². The largest absolute Gasteiger partial charge is 0.326 e. The zero-order valence-electron chi connectivity index (χ0n) is 13.3. The Morgan fingerprint density at radius 1 is 0.640 bits per heavy atom. The summed E-state index contributed by atoms with van der Waals surface area (Å²) in [6.45, 7) is 0. The van der Waals surface area contributed by atoms with Crippen molar-refractivity contribution in [3.05, 3.63) is 115 Å². The van der Waals surface area contributed by atoms with Gasteiger partial charge >= 0.3 is 0 Å². The molecule has 1 atom stereocenters. The molecule has 2 heteroatoms. The van der Waals surface area contributed by atoms with Gasteiger partial charge in [-0.2, -0.15) is 0 Å². The third-order valence-corrected chi connectivity index (χ3v) is 4.27. The minimum Gasteiger partial charge on any atom is -0.326 e. The van der Waals surface area contributed by atoms with Gasteiger partial charge in [0, 0.05) is 12.4 Å². The van der Waals surface area contributed by atoms with Crippen molar-refractivity contribution in [3.63, 3.8) is 0 Å². The van der Waals surface area contributed by atoms with Crippen molar-refractivity contribution in [2.24, 2.45) is 0 Å². The molecular formula is C23H22N2. The van der Waals surface area contributed by atoms with Crippen molar-refractivity contribution in [1.82, 2.24) is 9.55 Å². The highest BCUT2D eigenvalue weighted by molar-refractivity contribution is 5.63. The molecule has 0 saturated heterocycles. The molecule has 0 fully saturated rings. The molecule has 1 heterocycles.